The van der Waals surface area contributed by atoms with E-state index in [0.717, 1.165) is 4.90 Å². The fourth-order valence-electron chi connectivity index (χ4n) is 6.55. The van der Waals surface area contributed by atoms with Crippen LogP contribution in [0, 0.1) is 17.8 Å². The summed E-state index contributed by atoms with van der Waals surface area (Å²) in [7, 11) is 2.81. The summed E-state index contributed by atoms with van der Waals surface area (Å²) in [6, 6.07) is 2.13. The van der Waals surface area contributed by atoms with Crippen molar-refractivity contribution in [2.45, 2.75) is 137 Å². The van der Waals surface area contributed by atoms with Gasteiger partial charge in [0.25, 0.3) is 5.91 Å². The number of aliphatic hydroxyl groups excluding tert-OH is 1. The summed E-state index contributed by atoms with van der Waals surface area (Å²) in [5.74, 6) is -5.97. The standard InChI is InChI=1S/C44H66ClN5O10/c1-13-25(5)37-40(54)47-30(10)44(58)60-38(26(6)14-2)28(8)34(51)20-15-27(7)43(57)59-35(21-24(3)4)39(53)46-29(9)41(55)50(12)33(22-31-16-18-32(45)19-17-31)42(56)49(11)23-36(52)48-37/h14-19,24-25,28-30,33-35,37-38,51H,13,20-23H2,1-12H3,(H,46,53)(H,47,54)(H,48,52)/b26-14+,27-15+/t25?,28-,29-,30+,33+,34-,35+,37?,38+/m0/s1. The van der Waals surface area contributed by atoms with Crippen LogP contribution >= 0.6 is 11.6 Å². The molecule has 60 heavy (non-hydrogen) atoms. The van der Waals surface area contributed by atoms with Gasteiger partial charge >= 0.3 is 11.9 Å². The van der Waals surface area contributed by atoms with Crippen molar-refractivity contribution in [2.24, 2.45) is 17.8 Å². The Labute approximate surface area is 360 Å². The molecule has 4 N–H and O–H groups in total. The van der Waals surface area contributed by atoms with Crippen molar-refractivity contribution in [3.05, 3.63) is 58.1 Å². The average molecular weight is 860 g/mol. The Kier molecular flexibility index (Phi) is 20.4. The van der Waals surface area contributed by atoms with Gasteiger partial charge in [0.05, 0.1) is 12.6 Å². The minimum absolute atomic E-state index is 0.0257. The molecule has 0 saturated heterocycles. The largest absolute Gasteiger partial charge is 0.456 e. The fraction of sp³-hybridized carbons (Fsp3) is 0.614. The Morgan fingerprint density at radius 1 is 0.917 bits per heavy atom. The van der Waals surface area contributed by atoms with Crippen LogP contribution < -0.4 is 16.0 Å². The molecule has 1 aromatic carbocycles. The third kappa shape index (κ3) is 15.1. The first-order valence-corrected chi connectivity index (χ1v) is 21.0. The molecule has 15 nitrogen and oxygen atoms in total. The van der Waals surface area contributed by atoms with E-state index in [4.69, 9.17) is 21.1 Å². The molecule has 5 amide bonds. The van der Waals surface area contributed by atoms with Crippen LogP contribution in [-0.4, -0.2) is 120 Å². The number of allylic oxidation sites excluding steroid dienone is 1. The lowest BCUT2D eigenvalue weighted by Gasteiger charge is -2.33. The zero-order chi connectivity index (χ0) is 45.6. The molecule has 1 aliphatic rings. The lowest BCUT2D eigenvalue weighted by Crippen LogP contribution is -2.57. The topological polar surface area (TPSA) is 201 Å². The second-order valence-corrected chi connectivity index (χ2v) is 16.8. The Bertz CT molecular complexity index is 1750. The molecule has 0 aliphatic carbocycles. The number of aliphatic hydroxyl groups is 1. The van der Waals surface area contributed by atoms with Gasteiger partial charge in [0.15, 0.2) is 6.10 Å². The molecule has 9 atom stereocenters. The lowest BCUT2D eigenvalue weighted by atomic mass is 9.90. The van der Waals surface area contributed by atoms with Gasteiger partial charge < -0.3 is 40.3 Å². The molecular weight excluding hydrogens is 794 g/mol. The number of nitrogens with zero attached hydrogens (tertiary/aromatic N) is 2. The molecule has 1 aliphatic heterocycles. The number of halogens is 1. The second kappa shape index (κ2) is 23.9. The van der Waals surface area contributed by atoms with Gasteiger partial charge in [0.1, 0.15) is 30.3 Å². The highest BCUT2D eigenvalue weighted by molar-refractivity contribution is 6.30. The van der Waals surface area contributed by atoms with Gasteiger partial charge in [0.2, 0.25) is 23.6 Å². The van der Waals surface area contributed by atoms with Crippen LogP contribution in [0.15, 0.2) is 47.6 Å². The molecule has 334 valence electrons. The number of cyclic esters (lactones) is 2. The summed E-state index contributed by atoms with van der Waals surface area (Å²) in [5.41, 5.74) is 1.42. The molecule has 1 aromatic rings. The van der Waals surface area contributed by atoms with Gasteiger partial charge in [-0.3, -0.25) is 24.0 Å². The van der Waals surface area contributed by atoms with Crippen LogP contribution in [0.4, 0.5) is 0 Å². The highest BCUT2D eigenvalue weighted by Gasteiger charge is 2.36. The van der Waals surface area contributed by atoms with Crippen molar-refractivity contribution < 1.29 is 48.1 Å². The van der Waals surface area contributed by atoms with Gasteiger partial charge in [-0.25, -0.2) is 9.59 Å². The van der Waals surface area contributed by atoms with Crippen molar-refractivity contribution in [1.82, 2.24) is 25.8 Å². The lowest BCUT2D eigenvalue weighted by molar-refractivity contribution is -0.155. The van der Waals surface area contributed by atoms with E-state index >= 15 is 0 Å². The van der Waals surface area contributed by atoms with Gasteiger partial charge in [-0.2, -0.15) is 0 Å². The molecule has 0 bridgehead atoms. The first kappa shape index (κ1) is 51.4. The SMILES string of the molecule is C/C=C(\C)[C@H]1OC(=O)[C@@H](C)NC(=O)C(C(C)CC)NC(=O)CN(C)C(=O)[C@@H](Cc2ccc(Cl)cc2)N(C)C(=O)[C@H](C)NC(=O)[C@@H](CC(C)C)OC(=O)/C(C)=C/C[C@H](O)[C@@H]1C. The van der Waals surface area contributed by atoms with Crippen LogP contribution in [0.2, 0.25) is 5.02 Å². The number of hydrogen-bond acceptors (Lipinski definition) is 10. The number of hydrogen-bond donors (Lipinski definition) is 4. The highest BCUT2D eigenvalue weighted by Crippen LogP contribution is 2.24. The predicted octanol–water partition coefficient (Wildman–Crippen LogP) is 3.89. The molecule has 0 saturated carbocycles. The molecule has 16 heteroatoms. The number of ether oxygens (including phenoxy) is 2. The fourth-order valence-corrected chi connectivity index (χ4v) is 6.68. The zero-order valence-corrected chi connectivity index (χ0v) is 37.9. The maximum atomic E-state index is 14.2. The number of likely N-dealkylation sites (N-methyl/N-ethyl adjacent to an activating group) is 2. The minimum atomic E-state index is -1.28. The summed E-state index contributed by atoms with van der Waals surface area (Å²) in [4.78, 5) is 98.1. The number of rotatable bonds is 7. The van der Waals surface area contributed by atoms with Crippen molar-refractivity contribution in [1.29, 1.82) is 0 Å². The molecule has 2 rings (SSSR count). The Morgan fingerprint density at radius 2 is 1.52 bits per heavy atom. The van der Waals surface area contributed by atoms with Crippen LogP contribution in [0.1, 0.15) is 94.1 Å². The number of nitrogens with one attached hydrogen (secondary N) is 3. The van der Waals surface area contributed by atoms with Crippen LogP contribution in [-0.2, 0) is 49.5 Å². The first-order chi connectivity index (χ1) is 28.0. The second-order valence-electron chi connectivity index (χ2n) is 16.3. The number of benzene rings is 1. The molecule has 0 spiro atoms. The summed E-state index contributed by atoms with van der Waals surface area (Å²) >= 11 is 6.11. The summed E-state index contributed by atoms with van der Waals surface area (Å²) < 4.78 is 11.5. The van der Waals surface area contributed by atoms with E-state index in [1.165, 1.54) is 45.8 Å². The maximum absolute atomic E-state index is 14.2. The quantitative estimate of drug-likeness (QED) is 0.230. The summed E-state index contributed by atoms with van der Waals surface area (Å²) in [6.07, 6.45) is 0.562. The Morgan fingerprint density at radius 3 is 2.08 bits per heavy atom. The van der Waals surface area contributed by atoms with Crippen molar-refractivity contribution in [3.8, 4) is 0 Å². The molecule has 2 unspecified atom stereocenters. The third-order valence-corrected chi connectivity index (χ3v) is 11.2. The highest BCUT2D eigenvalue weighted by atomic mass is 35.5. The van der Waals surface area contributed by atoms with Crippen LogP contribution in [0.25, 0.3) is 0 Å². The minimum Gasteiger partial charge on any atom is -0.456 e. The number of esters is 2. The van der Waals surface area contributed by atoms with Crippen molar-refractivity contribution >= 4 is 53.1 Å². The maximum Gasteiger partial charge on any atom is 0.334 e. The van der Waals surface area contributed by atoms with E-state index in [9.17, 15) is 38.7 Å². The van der Waals surface area contributed by atoms with Gasteiger partial charge in [-0.05, 0) is 82.6 Å². The number of carbonyl (C=O) groups excluding carboxylic acids is 7. The zero-order valence-electron chi connectivity index (χ0n) is 37.2. The normalized spacial score (nSPS) is 28.6. The number of amides is 5. The van der Waals surface area contributed by atoms with E-state index in [2.05, 4.69) is 16.0 Å². The summed E-state index contributed by atoms with van der Waals surface area (Å²) in [5, 5.41) is 19.7. The van der Waals surface area contributed by atoms with Gasteiger partial charge in [-0.15, -0.1) is 0 Å². The van der Waals surface area contributed by atoms with Crippen LogP contribution in [0.5, 0.6) is 0 Å². The van der Waals surface area contributed by atoms with E-state index < -0.39 is 96.4 Å². The molecule has 0 aromatic heterocycles. The van der Waals surface area contributed by atoms with Crippen LogP contribution in [0.3, 0.4) is 0 Å². The smallest absolute Gasteiger partial charge is 0.334 e. The first-order valence-electron chi connectivity index (χ1n) is 20.6. The van der Waals surface area contributed by atoms with E-state index in [1.54, 1.807) is 58.0 Å². The molecule has 0 radical (unpaired) electrons. The van der Waals surface area contributed by atoms with E-state index in [-0.39, 0.29) is 36.7 Å². The van der Waals surface area contributed by atoms with Crippen molar-refractivity contribution in [3.63, 3.8) is 0 Å². The predicted molar refractivity (Wildman–Crippen MR) is 228 cm³/mol. The molecule has 1 heterocycles. The van der Waals surface area contributed by atoms with Crippen molar-refractivity contribution in [2.75, 3.05) is 20.6 Å². The van der Waals surface area contributed by atoms with E-state index in [0.29, 0.717) is 22.6 Å². The average Bonchev–Trinajstić information content (AvgIpc) is 3.20. The summed E-state index contributed by atoms with van der Waals surface area (Å²) in [6.45, 7) is 16.4. The monoisotopic (exact) mass is 859 g/mol. The number of carbonyl (C=O) groups is 7. The molecular formula is C44H66ClN5O10. The Hall–Kier alpha value is -4.76. The van der Waals surface area contributed by atoms with Gasteiger partial charge in [0, 0.05) is 37.0 Å². The van der Waals surface area contributed by atoms with E-state index in [1.807, 2.05) is 20.8 Å². The Balaban J connectivity index is 2.63. The van der Waals surface area contributed by atoms with Gasteiger partial charge in [-0.1, -0.05) is 76.9 Å². The third-order valence-electron chi connectivity index (χ3n) is 10.9. The molecule has 0 fully saturated rings.